The molecule has 6 heteroatoms. The fourth-order valence-electron chi connectivity index (χ4n) is 3.95. The first-order valence-corrected chi connectivity index (χ1v) is 9.63. The van der Waals surface area contributed by atoms with Crippen LogP contribution in [0.2, 0.25) is 5.02 Å². The van der Waals surface area contributed by atoms with Crippen LogP contribution in [0.3, 0.4) is 0 Å². The maximum Gasteiger partial charge on any atom is 0.316 e. The zero-order chi connectivity index (χ0) is 19.0. The van der Waals surface area contributed by atoms with E-state index in [2.05, 4.69) is 4.90 Å². The number of anilines is 2. The molecule has 2 aliphatic heterocycles. The summed E-state index contributed by atoms with van der Waals surface area (Å²) in [6.45, 7) is 4.42. The molecule has 0 radical (unpaired) electrons. The van der Waals surface area contributed by atoms with E-state index >= 15 is 0 Å². The third-order valence-corrected chi connectivity index (χ3v) is 5.58. The lowest BCUT2D eigenvalue weighted by Crippen LogP contribution is -2.54. The summed E-state index contributed by atoms with van der Waals surface area (Å²) >= 11 is 6.07. The van der Waals surface area contributed by atoms with Gasteiger partial charge >= 0.3 is 11.8 Å². The molecule has 0 bridgehead atoms. The van der Waals surface area contributed by atoms with Crippen LogP contribution in [0.15, 0.2) is 48.5 Å². The van der Waals surface area contributed by atoms with Crippen LogP contribution in [0.5, 0.6) is 0 Å². The Labute approximate surface area is 164 Å². The molecule has 0 N–H and O–H groups in total. The van der Waals surface area contributed by atoms with Crippen molar-refractivity contribution in [3.63, 3.8) is 0 Å². The summed E-state index contributed by atoms with van der Waals surface area (Å²) < 4.78 is 0. The van der Waals surface area contributed by atoms with Gasteiger partial charge in [-0.3, -0.25) is 9.59 Å². The predicted octanol–water partition coefficient (Wildman–Crippen LogP) is 2.97. The fraction of sp³-hybridized carbons (Fsp3) is 0.333. The van der Waals surface area contributed by atoms with E-state index in [0.29, 0.717) is 31.2 Å². The van der Waals surface area contributed by atoms with E-state index in [1.54, 1.807) is 9.80 Å². The molecule has 2 heterocycles. The van der Waals surface area contributed by atoms with Crippen molar-refractivity contribution in [3.8, 4) is 0 Å². The number of para-hydroxylation sites is 1. The smallest absolute Gasteiger partial charge is 0.316 e. The largest absolute Gasteiger partial charge is 0.368 e. The number of carbonyl (C=O) groups excluding carboxylic acids is 2. The van der Waals surface area contributed by atoms with Gasteiger partial charge in [-0.15, -0.1) is 0 Å². The monoisotopic (exact) mass is 383 g/mol. The molecular formula is C21H22ClN3O2. The lowest BCUT2D eigenvalue weighted by molar-refractivity contribution is -0.144. The normalized spacial score (nSPS) is 19.2. The number of hydrogen-bond acceptors (Lipinski definition) is 3. The summed E-state index contributed by atoms with van der Waals surface area (Å²) in [6, 6.07) is 15.5. The van der Waals surface area contributed by atoms with Gasteiger partial charge < -0.3 is 14.7 Å². The zero-order valence-corrected chi connectivity index (χ0v) is 16.0. The Morgan fingerprint density at radius 3 is 2.44 bits per heavy atom. The van der Waals surface area contributed by atoms with Crippen LogP contribution in [0.4, 0.5) is 11.4 Å². The minimum absolute atomic E-state index is 0.00611. The number of fused-ring (bicyclic) bond motifs is 1. The molecule has 1 saturated heterocycles. The molecule has 27 heavy (non-hydrogen) atoms. The molecule has 1 atom stereocenters. The van der Waals surface area contributed by atoms with Crippen molar-refractivity contribution in [2.75, 3.05) is 36.0 Å². The van der Waals surface area contributed by atoms with Crippen molar-refractivity contribution < 1.29 is 9.59 Å². The topological polar surface area (TPSA) is 43.9 Å². The van der Waals surface area contributed by atoms with Gasteiger partial charge in [0.2, 0.25) is 0 Å². The second-order valence-corrected chi connectivity index (χ2v) is 7.55. The first-order chi connectivity index (χ1) is 13.0. The quantitative estimate of drug-likeness (QED) is 0.711. The van der Waals surface area contributed by atoms with Crippen molar-refractivity contribution in [2.24, 2.45) is 0 Å². The molecule has 4 rings (SSSR count). The maximum atomic E-state index is 12.9. The molecule has 1 fully saturated rings. The fourth-order valence-corrected chi connectivity index (χ4v) is 4.14. The highest BCUT2D eigenvalue weighted by molar-refractivity contribution is 6.40. The Morgan fingerprint density at radius 2 is 1.70 bits per heavy atom. The predicted molar refractivity (Wildman–Crippen MR) is 107 cm³/mol. The molecule has 2 aromatic carbocycles. The van der Waals surface area contributed by atoms with Crippen LogP contribution in [-0.2, 0) is 16.0 Å². The number of amides is 2. The Bertz CT molecular complexity index is 877. The first kappa shape index (κ1) is 17.9. The molecule has 0 spiro atoms. The molecule has 0 saturated carbocycles. The number of rotatable bonds is 1. The minimum atomic E-state index is -0.427. The van der Waals surface area contributed by atoms with Gasteiger partial charge in [-0.25, -0.2) is 0 Å². The number of benzene rings is 2. The SMILES string of the molecule is CC1Cc2ccccc2N1C(=O)C(=O)N1CCN(c2cccc(Cl)c2)CC1. The molecule has 2 aromatic rings. The van der Waals surface area contributed by atoms with Crippen molar-refractivity contribution in [1.82, 2.24) is 4.90 Å². The summed E-state index contributed by atoms with van der Waals surface area (Å²) in [6.07, 6.45) is 0.789. The molecule has 5 nitrogen and oxygen atoms in total. The summed E-state index contributed by atoms with van der Waals surface area (Å²) in [5.74, 6) is -0.840. The van der Waals surface area contributed by atoms with Crippen LogP contribution in [0.1, 0.15) is 12.5 Å². The molecule has 2 amide bonds. The highest BCUT2D eigenvalue weighted by Gasteiger charge is 2.36. The van der Waals surface area contributed by atoms with Crippen LogP contribution >= 0.6 is 11.6 Å². The van der Waals surface area contributed by atoms with E-state index in [1.807, 2.05) is 55.5 Å². The van der Waals surface area contributed by atoms with E-state index in [0.717, 1.165) is 23.4 Å². The standard InChI is InChI=1S/C21H22ClN3O2/c1-15-13-16-5-2-3-8-19(16)25(15)21(27)20(26)24-11-9-23(10-12-24)18-7-4-6-17(22)14-18/h2-8,14-15H,9-13H2,1H3. The van der Waals surface area contributed by atoms with E-state index in [9.17, 15) is 9.59 Å². The van der Waals surface area contributed by atoms with Crippen molar-refractivity contribution in [3.05, 3.63) is 59.1 Å². The molecule has 0 aromatic heterocycles. The van der Waals surface area contributed by atoms with Crippen LogP contribution in [-0.4, -0.2) is 48.9 Å². The van der Waals surface area contributed by atoms with E-state index in [1.165, 1.54) is 0 Å². The number of hydrogen-bond donors (Lipinski definition) is 0. The molecule has 1 unspecified atom stereocenters. The van der Waals surface area contributed by atoms with Gasteiger partial charge in [0.1, 0.15) is 0 Å². The Balaban J connectivity index is 1.43. The highest BCUT2D eigenvalue weighted by atomic mass is 35.5. The summed E-state index contributed by atoms with van der Waals surface area (Å²) in [5, 5.41) is 0.697. The number of halogens is 1. The van der Waals surface area contributed by atoms with Crippen LogP contribution in [0, 0.1) is 0 Å². The maximum absolute atomic E-state index is 12.9. The molecule has 0 aliphatic carbocycles. The molecular weight excluding hydrogens is 362 g/mol. The summed E-state index contributed by atoms with van der Waals surface area (Å²) in [4.78, 5) is 31.3. The van der Waals surface area contributed by atoms with Crippen molar-refractivity contribution in [1.29, 1.82) is 0 Å². The number of carbonyl (C=O) groups is 2. The Kier molecular flexibility index (Phi) is 4.79. The average molecular weight is 384 g/mol. The van der Waals surface area contributed by atoms with E-state index < -0.39 is 11.8 Å². The first-order valence-electron chi connectivity index (χ1n) is 9.25. The number of piperazine rings is 1. The lowest BCUT2D eigenvalue weighted by Gasteiger charge is -2.36. The highest BCUT2D eigenvalue weighted by Crippen LogP contribution is 2.32. The van der Waals surface area contributed by atoms with E-state index in [-0.39, 0.29) is 6.04 Å². The van der Waals surface area contributed by atoms with E-state index in [4.69, 9.17) is 11.6 Å². The van der Waals surface area contributed by atoms with Gasteiger partial charge in [0.25, 0.3) is 0 Å². The third-order valence-electron chi connectivity index (χ3n) is 5.35. The van der Waals surface area contributed by atoms with Gasteiger partial charge in [-0.2, -0.15) is 0 Å². The van der Waals surface area contributed by atoms with Crippen LogP contribution in [0.25, 0.3) is 0 Å². The van der Waals surface area contributed by atoms with Gasteiger partial charge in [-0.05, 0) is 43.2 Å². The lowest BCUT2D eigenvalue weighted by atomic mass is 10.1. The molecule has 140 valence electrons. The van der Waals surface area contributed by atoms with Crippen molar-refractivity contribution >= 4 is 34.8 Å². The van der Waals surface area contributed by atoms with Gasteiger partial charge in [0, 0.05) is 48.6 Å². The average Bonchev–Trinajstić information content (AvgIpc) is 3.02. The van der Waals surface area contributed by atoms with Gasteiger partial charge in [0.15, 0.2) is 0 Å². The van der Waals surface area contributed by atoms with Gasteiger partial charge in [0.05, 0.1) is 0 Å². The second kappa shape index (κ2) is 7.24. The Hall–Kier alpha value is -2.53. The van der Waals surface area contributed by atoms with Crippen LogP contribution < -0.4 is 9.80 Å². The number of nitrogens with zero attached hydrogens (tertiary/aromatic N) is 3. The van der Waals surface area contributed by atoms with Gasteiger partial charge in [-0.1, -0.05) is 35.9 Å². The Morgan fingerprint density at radius 1 is 0.963 bits per heavy atom. The summed E-state index contributed by atoms with van der Waals surface area (Å²) in [5.41, 5.74) is 3.03. The second-order valence-electron chi connectivity index (χ2n) is 7.12. The minimum Gasteiger partial charge on any atom is -0.368 e. The van der Waals surface area contributed by atoms with Crippen molar-refractivity contribution in [2.45, 2.75) is 19.4 Å². The third kappa shape index (κ3) is 3.39. The summed E-state index contributed by atoms with van der Waals surface area (Å²) in [7, 11) is 0. The molecule has 2 aliphatic rings. The zero-order valence-electron chi connectivity index (χ0n) is 15.3.